The van der Waals surface area contributed by atoms with Gasteiger partial charge in [0.05, 0.1) is 32.0 Å². The molecule has 89 heavy (non-hydrogen) atoms. The van der Waals surface area contributed by atoms with Gasteiger partial charge in [-0.05, 0) is 57.8 Å². The van der Waals surface area contributed by atoms with Crippen molar-refractivity contribution in [2.45, 2.75) is 402 Å². The highest BCUT2D eigenvalue weighted by Crippen LogP contribution is 2.30. The highest BCUT2D eigenvalue weighted by atomic mass is 16.7. The van der Waals surface area contributed by atoms with Gasteiger partial charge in [-0.3, -0.25) is 4.79 Å². The van der Waals surface area contributed by atoms with Crippen LogP contribution in [0.15, 0.2) is 48.6 Å². The van der Waals surface area contributed by atoms with E-state index in [0.29, 0.717) is 6.42 Å². The molecule has 1 amide bonds. The maximum Gasteiger partial charge on any atom is 0.220 e. The summed E-state index contributed by atoms with van der Waals surface area (Å²) in [7, 11) is 0. The van der Waals surface area contributed by atoms with Crippen molar-refractivity contribution in [1.82, 2.24) is 5.32 Å². The molecule has 12 unspecified atom stereocenters. The molecule has 0 radical (unpaired) electrons. The topological polar surface area (TPSA) is 228 Å². The fourth-order valence-corrected chi connectivity index (χ4v) is 12.3. The first kappa shape index (κ1) is 83.0. The molecule has 2 aliphatic rings. The van der Waals surface area contributed by atoms with Crippen LogP contribution < -0.4 is 5.32 Å². The van der Waals surface area contributed by atoms with E-state index in [9.17, 15) is 45.6 Å². The Morgan fingerprint density at radius 1 is 0.404 bits per heavy atom. The smallest absolute Gasteiger partial charge is 0.220 e. The van der Waals surface area contributed by atoms with Crippen LogP contribution in [0.3, 0.4) is 0 Å². The van der Waals surface area contributed by atoms with Gasteiger partial charge in [-0.1, -0.05) is 313 Å². The molecule has 2 rings (SSSR count). The molecule has 0 aromatic heterocycles. The third-order valence-electron chi connectivity index (χ3n) is 18.3. The minimum atomic E-state index is -1.79. The molecule has 14 nitrogen and oxygen atoms in total. The van der Waals surface area contributed by atoms with E-state index in [-0.39, 0.29) is 18.9 Å². The van der Waals surface area contributed by atoms with E-state index in [4.69, 9.17) is 18.9 Å². The highest BCUT2D eigenvalue weighted by Gasteiger charge is 2.51. The van der Waals surface area contributed by atoms with E-state index in [1.54, 1.807) is 6.08 Å². The van der Waals surface area contributed by atoms with Gasteiger partial charge >= 0.3 is 0 Å². The Hall–Kier alpha value is -2.05. The molecule has 2 heterocycles. The van der Waals surface area contributed by atoms with Crippen molar-refractivity contribution in [3.05, 3.63) is 48.6 Å². The number of amides is 1. The van der Waals surface area contributed by atoms with E-state index in [1.165, 1.54) is 244 Å². The molecule has 0 aromatic rings. The Bertz CT molecular complexity index is 1680. The molecule has 2 fully saturated rings. The van der Waals surface area contributed by atoms with Crippen LogP contribution in [0.2, 0.25) is 0 Å². The summed E-state index contributed by atoms with van der Waals surface area (Å²) >= 11 is 0. The van der Waals surface area contributed by atoms with Crippen LogP contribution in [-0.2, 0) is 23.7 Å². The number of aliphatic hydroxyl groups excluding tert-OH is 8. The molecule has 0 spiro atoms. The molecule has 0 aliphatic carbocycles. The number of nitrogens with one attached hydrogen (secondary N) is 1. The van der Waals surface area contributed by atoms with Crippen molar-refractivity contribution in [2.75, 3.05) is 19.8 Å². The lowest BCUT2D eigenvalue weighted by molar-refractivity contribution is -0.359. The van der Waals surface area contributed by atoms with Gasteiger partial charge in [0.15, 0.2) is 12.6 Å². The fourth-order valence-electron chi connectivity index (χ4n) is 12.3. The standard InChI is InChI=1S/C75H139NO13/c1-3-5-7-9-11-13-15-17-19-21-23-25-27-29-30-31-32-33-35-36-38-40-42-44-46-48-50-52-54-56-58-64(79)63(62-86-74-72(85)70(83)73(66(61-78)88-74)89-75-71(84)69(82)68(81)65(60-77)87-75)76-67(80)59-57-55-53-51-49-47-45-43-41-39-37-34-28-26-24-22-20-18-16-14-12-10-8-6-4-2/h16,18,22,24,28,34,56,58,63-66,68-75,77-79,81-85H,3-15,17,19-21,23,25-27,29-33,35-55,57,59-62H2,1-2H3,(H,76,80)/b18-16-,24-22-,34-28-,58-56+. The zero-order valence-electron chi connectivity index (χ0n) is 56.9. The Kier molecular flexibility index (Phi) is 55.7. The van der Waals surface area contributed by atoms with Gasteiger partial charge < -0.3 is 65.1 Å². The predicted octanol–water partition coefficient (Wildman–Crippen LogP) is 15.9. The zero-order chi connectivity index (χ0) is 64.5. The van der Waals surface area contributed by atoms with Crippen LogP contribution in [0.5, 0.6) is 0 Å². The molecule has 0 bridgehead atoms. The number of unbranched alkanes of at least 4 members (excludes halogenated alkanes) is 43. The normalized spacial score (nSPS) is 23.3. The van der Waals surface area contributed by atoms with E-state index in [1.807, 2.05) is 6.08 Å². The van der Waals surface area contributed by atoms with Crippen LogP contribution in [0.1, 0.15) is 328 Å². The summed E-state index contributed by atoms with van der Waals surface area (Å²) in [5, 5.41) is 87.6. The second-order valence-corrected chi connectivity index (χ2v) is 26.4. The second kappa shape index (κ2) is 59.7. The van der Waals surface area contributed by atoms with Crippen molar-refractivity contribution in [1.29, 1.82) is 0 Å². The fraction of sp³-hybridized carbons (Fsp3) is 0.880. The summed E-state index contributed by atoms with van der Waals surface area (Å²) in [6, 6.07) is -0.920. The SMILES string of the molecule is CCCCCCC/C=C\C/C=C\C/C=C\CCCCCCCCCCCCC(=O)NC(COC1OC(CO)C(OC2OC(CO)C(O)C(O)C2O)C(O)C1O)C(O)/C=C/CCCCCCCCCCCCCCCCCCCCCCCCCCCCCC. The van der Waals surface area contributed by atoms with E-state index in [0.717, 1.165) is 57.8 Å². The average Bonchev–Trinajstić information content (AvgIpc) is 1.37. The molecule has 0 aromatic carbocycles. The molecule has 0 saturated carbocycles. The van der Waals surface area contributed by atoms with E-state index in [2.05, 4.69) is 55.6 Å². The van der Waals surface area contributed by atoms with Crippen LogP contribution >= 0.6 is 0 Å². The van der Waals surface area contributed by atoms with Gasteiger partial charge in [0.25, 0.3) is 0 Å². The number of aliphatic hydroxyl groups is 8. The van der Waals surface area contributed by atoms with Crippen molar-refractivity contribution in [3.63, 3.8) is 0 Å². The van der Waals surface area contributed by atoms with Crippen LogP contribution in [-0.4, -0.2) is 140 Å². The lowest BCUT2D eigenvalue weighted by atomic mass is 9.97. The molecule has 9 N–H and O–H groups in total. The monoisotopic (exact) mass is 1260 g/mol. The third kappa shape index (κ3) is 43.5. The minimum Gasteiger partial charge on any atom is -0.394 e. The van der Waals surface area contributed by atoms with Gasteiger partial charge in [-0.15, -0.1) is 0 Å². The van der Waals surface area contributed by atoms with Crippen molar-refractivity contribution >= 4 is 5.91 Å². The van der Waals surface area contributed by atoms with Gasteiger partial charge in [-0.25, -0.2) is 0 Å². The van der Waals surface area contributed by atoms with Gasteiger partial charge in [0.1, 0.15) is 48.8 Å². The third-order valence-corrected chi connectivity index (χ3v) is 18.3. The zero-order valence-corrected chi connectivity index (χ0v) is 56.9. The summed E-state index contributed by atoms with van der Waals surface area (Å²) < 4.78 is 22.9. The molecule has 2 saturated heterocycles. The van der Waals surface area contributed by atoms with E-state index >= 15 is 0 Å². The molecular weight excluding hydrogens is 1120 g/mol. The number of ether oxygens (including phenoxy) is 4. The summed E-state index contributed by atoms with van der Waals surface area (Å²) in [5.74, 6) is -0.240. The Morgan fingerprint density at radius 3 is 1.13 bits per heavy atom. The predicted molar refractivity (Wildman–Crippen MR) is 364 cm³/mol. The Balaban J connectivity index is 1.66. The molecule has 14 heteroatoms. The Morgan fingerprint density at radius 2 is 0.742 bits per heavy atom. The maximum atomic E-state index is 13.3. The largest absolute Gasteiger partial charge is 0.394 e. The van der Waals surface area contributed by atoms with Gasteiger partial charge in [0.2, 0.25) is 5.91 Å². The lowest BCUT2D eigenvalue weighted by Crippen LogP contribution is -2.65. The molecular formula is C75H139NO13. The minimum absolute atomic E-state index is 0.240. The number of hydrogen-bond acceptors (Lipinski definition) is 13. The van der Waals surface area contributed by atoms with Crippen molar-refractivity contribution in [3.8, 4) is 0 Å². The van der Waals surface area contributed by atoms with Gasteiger partial charge in [0, 0.05) is 6.42 Å². The first-order valence-electron chi connectivity index (χ1n) is 37.4. The summed E-state index contributed by atoms with van der Waals surface area (Å²) in [5.41, 5.74) is 0. The molecule has 522 valence electrons. The van der Waals surface area contributed by atoms with Crippen LogP contribution in [0.25, 0.3) is 0 Å². The Labute approximate surface area is 543 Å². The number of carbonyl (C=O) groups excluding carboxylic acids is 1. The summed E-state index contributed by atoms with van der Waals surface area (Å²) in [4.78, 5) is 13.3. The number of rotatable bonds is 62. The quantitative estimate of drug-likeness (QED) is 0.0204. The molecule has 12 atom stereocenters. The first-order chi connectivity index (χ1) is 43.6. The lowest BCUT2D eigenvalue weighted by Gasteiger charge is -2.46. The van der Waals surface area contributed by atoms with Crippen LogP contribution in [0.4, 0.5) is 0 Å². The van der Waals surface area contributed by atoms with Crippen molar-refractivity contribution < 1.29 is 64.6 Å². The van der Waals surface area contributed by atoms with E-state index < -0.39 is 86.8 Å². The highest BCUT2D eigenvalue weighted by molar-refractivity contribution is 5.76. The van der Waals surface area contributed by atoms with Crippen molar-refractivity contribution in [2.24, 2.45) is 0 Å². The molecule has 2 aliphatic heterocycles. The summed E-state index contributed by atoms with van der Waals surface area (Å²) in [6.45, 7) is 2.83. The first-order valence-corrected chi connectivity index (χ1v) is 37.4. The second-order valence-electron chi connectivity index (χ2n) is 26.4. The summed E-state index contributed by atoms with van der Waals surface area (Å²) in [6.07, 6.45) is 61.7. The average molecular weight is 1260 g/mol. The number of allylic oxidation sites excluding steroid dienone is 7. The number of carbonyl (C=O) groups is 1. The number of hydrogen-bond donors (Lipinski definition) is 9. The van der Waals surface area contributed by atoms with Crippen LogP contribution in [0, 0.1) is 0 Å². The maximum absolute atomic E-state index is 13.3. The van der Waals surface area contributed by atoms with Gasteiger partial charge in [-0.2, -0.15) is 0 Å².